The van der Waals surface area contributed by atoms with Crippen molar-refractivity contribution >= 4 is 5.91 Å². The van der Waals surface area contributed by atoms with Gasteiger partial charge in [0.25, 0.3) is 0 Å². The third-order valence-electron chi connectivity index (χ3n) is 4.64. The van der Waals surface area contributed by atoms with E-state index in [1.807, 2.05) is 53.6 Å². The van der Waals surface area contributed by atoms with Gasteiger partial charge in [-0.25, -0.2) is 0 Å². The van der Waals surface area contributed by atoms with Crippen LogP contribution in [0.1, 0.15) is 22.9 Å². The number of hydrogen-bond acceptors (Lipinski definition) is 1. The highest BCUT2D eigenvalue weighted by molar-refractivity contribution is 5.82. The molecule has 3 aromatic rings. The molecule has 1 amide bonds. The van der Waals surface area contributed by atoms with E-state index >= 15 is 0 Å². The predicted molar refractivity (Wildman–Crippen MR) is 94.3 cm³/mol. The van der Waals surface area contributed by atoms with E-state index in [0.29, 0.717) is 13.1 Å². The standard InChI is InChI=1S/C21H20N2O/c24-21-20(14-17-8-3-1-4-9-17)23-13-7-12-19(23)16-22(21)15-18-10-5-2-6-11-18/h1-13,20H,14-16H2/t20-/m0/s1. The zero-order valence-corrected chi connectivity index (χ0v) is 13.5. The van der Waals surface area contributed by atoms with Crippen LogP contribution in [0.5, 0.6) is 0 Å². The van der Waals surface area contributed by atoms with Crippen molar-refractivity contribution in [2.45, 2.75) is 25.6 Å². The number of benzene rings is 2. The first-order chi connectivity index (χ1) is 11.8. The highest BCUT2D eigenvalue weighted by Crippen LogP contribution is 2.27. The molecule has 1 atom stereocenters. The molecule has 2 heterocycles. The van der Waals surface area contributed by atoms with Crippen molar-refractivity contribution in [3.05, 3.63) is 95.8 Å². The molecule has 1 aliphatic heterocycles. The predicted octanol–water partition coefficient (Wildman–Crippen LogP) is 3.81. The number of amides is 1. The van der Waals surface area contributed by atoms with Crippen LogP contribution < -0.4 is 0 Å². The summed E-state index contributed by atoms with van der Waals surface area (Å²) in [5.41, 5.74) is 3.56. The van der Waals surface area contributed by atoms with Crippen LogP contribution in [-0.4, -0.2) is 15.4 Å². The molecule has 0 spiro atoms. The summed E-state index contributed by atoms with van der Waals surface area (Å²) in [7, 11) is 0. The molecule has 4 rings (SSSR count). The second-order valence-corrected chi connectivity index (χ2v) is 6.29. The third kappa shape index (κ3) is 2.85. The van der Waals surface area contributed by atoms with Gasteiger partial charge in [0.2, 0.25) is 5.91 Å². The molecule has 2 aromatic carbocycles. The van der Waals surface area contributed by atoms with Gasteiger partial charge in [0.05, 0.1) is 6.54 Å². The van der Waals surface area contributed by atoms with Crippen LogP contribution in [0.15, 0.2) is 79.0 Å². The molecule has 1 aromatic heterocycles. The molecule has 0 aliphatic carbocycles. The Hall–Kier alpha value is -2.81. The van der Waals surface area contributed by atoms with Gasteiger partial charge in [-0.1, -0.05) is 60.7 Å². The van der Waals surface area contributed by atoms with Crippen molar-refractivity contribution in [2.24, 2.45) is 0 Å². The highest BCUT2D eigenvalue weighted by Gasteiger charge is 2.32. The number of aromatic nitrogens is 1. The molecule has 0 unspecified atom stereocenters. The van der Waals surface area contributed by atoms with Crippen molar-refractivity contribution in [1.82, 2.24) is 9.47 Å². The normalized spacial score (nSPS) is 16.9. The Balaban J connectivity index is 1.62. The molecule has 0 saturated carbocycles. The summed E-state index contributed by atoms with van der Waals surface area (Å²) in [5, 5.41) is 0. The Bertz CT molecular complexity index is 823. The first-order valence-electron chi connectivity index (χ1n) is 8.33. The van der Waals surface area contributed by atoms with Crippen LogP contribution in [0.2, 0.25) is 0 Å². The topological polar surface area (TPSA) is 25.2 Å². The molecular formula is C21H20N2O. The van der Waals surface area contributed by atoms with Gasteiger partial charge in [0.15, 0.2) is 0 Å². The fourth-order valence-corrected chi connectivity index (χ4v) is 3.43. The smallest absolute Gasteiger partial charge is 0.246 e. The van der Waals surface area contributed by atoms with E-state index in [9.17, 15) is 4.79 Å². The van der Waals surface area contributed by atoms with Crippen molar-refractivity contribution in [3.8, 4) is 0 Å². The summed E-state index contributed by atoms with van der Waals surface area (Å²) < 4.78 is 2.14. The van der Waals surface area contributed by atoms with Crippen molar-refractivity contribution < 1.29 is 4.79 Å². The number of nitrogens with zero attached hydrogens (tertiary/aromatic N) is 2. The average Bonchev–Trinajstić information content (AvgIpc) is 3.08. The van der Waals surface area contributed by atoms with Crippen LogP contribution in [0.25, 0.3) is 0 Å². The minimum absolute atomic E-state index is 0.158. The first kappa shape index (κ1) is 14.8. The Kier molecular flexibility index (Phi) is 3.91. The summed E-state index contributed by atoms with van der Waals surface area (Å²) in [6.45, 7) is 1.34. The minimum Gasteiger partial charge on any atom is -0.337 e. The Labute approximate surface area is 142 Å². The van der Waals surface area contributed by atoms with E-state index < -0.39 is 0 Å². The van der Waals surface area contributed by atoms with Crippen molar-refractivity contribution in [1.29, 1.82) is 0 Å². The van der Waals surface area contributed by atoms with Crippen LogP contribution in [0, 0.1) is 0 Å². The third-order valence-corrected chi connectivity index (χ3v) is 4.64. The maximum atomic E-state index is 13.1. The van der Waals surface area contributed by atoms with E-state index in [1.54, 1.807) is 0 Å². The van der Waals surface area contributed by atoms with Crippen LogP contribution in [0.4, 0.5) is 0 Å². The van der Waals surface area contributed by atoms with Crippen LogP contribution in [0.3, 0.4) is 0 Å². The SMILES string of the molecule is O=C1[C@H](Cc2ccccc2)n2cccc2CN1Cc1ccccc1. The van der Waals surface area contributed by atoms with E-state index in [0.717, 1.165) is 6.42 Å². The first-order valence-corrected chi connectivity index (χ1v) is 8.33. The van der Waals surface area contributed by atoms with E-state index in [4.69, 9.17) is 0 Å². The lowest BCUT2D eigenvalue weighted by Gasteiger charge is -2.34. The van der Waals surface area contributed by atoms with Crippen LogP contribution >= 0.6 is 0 Å². The number of hydrogen-bond donors (Lipinski definition) is 0. The molecule has 0 bridgehead atoms. The monoisotopic (exact) mass is 316 g/mol. The summed E-state index contributed by atoms with van der Waals surface area (Å²) in [6, 6.07) is 24.4. The zero-order chi connectivity index (χ0) is 16.4. The lowest BCUT2D eigenvalue weighted by Crippen LogP contribution is -2.42. The lowest BCUT2D eigenvalue weighted by atomic mass is 10.0. The van der Waals surface area contributed by atoms with E-state index in [1.165, 1.54) is 16.8 Å². The molecule has 0 fully saturated rings. The lowest BCUT2D eigenvalue weighted by molar-refractivity contribution is -0.138. The summed E-state index contributed by atoms with van der Waals surface area (Å²) in [6.07, 6.45) is 2.76. The number of rotatable bonds is 4. The van der Waals surface area contributed by atoms with E-state index in [-0.39, 0.29) is 11.9 Å². The van der Waals surface area contributed by atoms with E-state index in [2.05, 4.69) is 34.9 Å². The fourth-order valence-electron chi connectivity index (χ4n) is 3.43. The van der Waals surface area contributed by atoms with Crippen molar-refractivity contribution in [3.63, 3.8) is 0 Å². The second-order valence-electron chi connectivity index (χ2n) is 6.29. The summed E-state index contributed by atoms with van der Waals surface area (Å²) >= 11 is 0. The molecule has 0 N–H and O–H groups in total. The Morgan fingerprint density at radius 3 is 2.21 bits per heavy atom. The maximum Gasteiger partial charge on any atom is 0.246 e. The second kappa shape index (κ2) is 6.36. The summed E-state index contributed by atoms with van der Waals surface area (Å²) in [4.78, 5) is 15.1. The molecule has 0 saturated heterocycles. The maximum absolute atomic E-state index is 13.1. The molecule has 0 radical (unpaired) electrons. The van der Waals surface area contributed by atoms with Gasteiger partial charge >= 0.3 is 0 Å². The number of carbonyl (C=O) groups excluding carboxylic acids is 1. The molecule has 120 valence electrons. The molecule has 3 nitrogen and oxygen atoms in total. The minimum atomic E-state index is -0.158. The highest BCUT2D eigenvalue weighted by atomic mass is 16.2. The van der Waals surface area contributed by atoms with Crippen LogP contribution in [-0.2, 0) is 24.3 Å². The fraction of sp³-hybridized carbons (Fsp3) is 0.190. The Morgan fingerprint density at radius 1 is 0.833 bits per heavy atom. The van der Waals surface area contributed by atoms with Gasteiger partial charge in [-0.2, -0.15) is 0 Å². The van der Waals surface area contributed by atoms with Gasteiger partial charge < -0.3 is 9.47 Å². The van der Waals surface area contributed by atoms with Gasteiger partial charge in [0, 0.05) is 24.9 Å². The molecule has 24 heavy (non-hydrogen) atoms. The molecular weight excluding hydrogens is 296 g/mol. The number of fused-ring (bicyclic) bond motifs is 1. The molecule has 3 heteroatoms. The zero-order valence-electron chi connectivity index (χ0n) is 13.5. The van der Waals surface area contributed by atoms with Crippen molar-refractivity contribution in [2.75, 3.05) is 0 Å². The van der Waals surface area contributed by atoms with Gasteiger partial charge in [0.1, 0.15) is 6.04 Å². The van der Waals surface area contributed by atoms with Gasteiger partial charge in [-0.3, -0.25) is 4.79 Å². The van der Waals surface area contributed by atoms with Gasteiger partial charge in [-0.15, -0.1) is 0 Å². The number of carbonyl (C=O) groups is 1. The average molecular weight is 316 g/mol. The largest absolute Gasteiger partial charge is 0.337 e. The molecule has 1 aliphatic rings. The Morgan fingerprint density at radius 2 is 1.50 bits per heavy atom. The summed E-state index contributed by atoms with van der Waals surface area (Å²) in [5.74, 6) is 0.200. The van der Waals surface area contributed by atoms with Gasteiger partial charge in [-0.05, 0) is 23.3 Å². The quantitative estimate of drug-likeness (QED) is 0.718.